The number of methoxy groups -OCH3 is 1. The van der Waals surface area contributed by atoms with Gasteiger partial charge in [-0.05, 0) is 31.2 Å². The summed E-state index contributed by atoms with van der Waals surface area (Å²) in [5, 5.41) is 7.10. The summed E-state index contributed by atoms with van der Waals surface area (Å²) < 4.78 is 5.63. The molecule has 2 aliphatic rings. The highest BCUT2D eigenvalue weighted by Crippen LogP contribution is 2.44. The standard InChI is InChI=1S/C19H29N3O.HI/c1-14-12-16(14)22-18(20-2)21-13-19(10-6-7-11-19)15-8-4-5-9-17(15)23-3;/h4-5,8-9,14,16H,6-7,10-13H2,1-3H3,(H2,20,21,22);1H. The summed E-state index contributed by atoms with van der Waals surface area (Å²) in [6.07, 6.45) is 6.23. The Labute approximate surface area is 162 Å². The molecule has 1 aromatic rings. The average Bonchev–Trinajstić information content (AvgIpc) is 3.08. The maximum atomic E-state index is 5.63. The van der Waals surface area contributed by atoms with Crippen LogP contribution in [0, 0.1) is 5.92 Å². The fraction of sp³-hybridized carbons (Fsp3) is 0.632. The van der Waals surface area contributed by atoms with Gasteiger partial charge in [0.2, 0.25) is 0 Å². The van der Waals surface area contributed by atoms with E-state index in [0.717, 1.165) is 24.2 Å². The molecule has 2 N–H and O–H groups in total. The Balaban J connectivity index is 0.00000208. The molecule has 2 aliphatic carbocycles. The van der Waals surface area contributed by atoms with Crippen molar-refractivity contribution in [2.24, 2.45) is 10.9 Å². The third-order valence-electron chi connectivity index (χ3n) is 5.49. The van der Waals surface area contributed by atoms with Crippen LogP contribution in [-0.2, 0) is 5.41 Å². The van der Waals surface area contributed by atoms with Crippen LogP contribution in [0.1, 0.15) is 44.6 Å². The number of hydrogen-bond acceptors (Lipinski definition) is 2. The number of benzene rings is 1. The summed E-state index contributed by atoms with van der Waals surface area (Å²) in [5.41, 5.74) is 1.49. The number of rotatable bonds is 5. The molecule has 2 atom stereocenters. The minimum Gasteiger partial charge on any atom is -0.496 e. The highest BCUT2D eigenvalue weighted by Gasteiger charge is 2.38. The first-order valence-electron chi connectivity index (χ1n) is 8.79. The van der Waals surface area contributed by atoms with Gasteiger partial charge in [0.15, 0.2) is 5.96 Å². The van der Waals surface area contributed by atoms with Crippen LogP contribution in [0.5, 0.6) is 5.75 Å². The summed E-state index contributed by atoms with van der Waals surface area (Å²) in [6, 6.07) is 9.07. The summed E-state index contributed by atoms with van der Waals surface area (Å²) in [7, 11) is 3.62. The summed E-state index contributed by atoms with van der Waals surface area (Å²) in [6.45, 7) is 3.19. The van der Waals surface area contributed by atoms with E-state index in [-0.39, 0.29) is 29.4 Å². The minimum absolute atomic E-state index is 0. The Morgan fingerprint density at radius 1 is 1.29 bits per heavy atom. The molecular weight excluding hydrogens is 413 g/mol. The fourth-order valence-corrected chi connectivity index (χ4v) is 3.82. The lowest BCUT2D eigenvalue weighted by Crippen LogP contribution is -2.45. The zero-order valence-electron chi connectivity index (χ0n) is 15.0. The molecule has 1 aromatic carbocycles. The van der Waals surface area contributed by atoms with Gasteiger partial charge in [-0.1, -0.05) is 38.0 Å². The lowest BCUT2D eigenvalue weighted by molar-refractivity contribution is 0.371. The Hall–Kier alpha value is -0.980. The van der Waals surface area contributed by atoms with Crippen LogP contribution in [0.2, 0.25) is 0 Å². The van der Waals surface area contributed by atoms with Gasteiger partial charge < -0.3 is 15.4 Å². The van der Waals surface area contributed by atoms with E-state index in [0.29, 0.717) is 6.04 Å². The third kappa shape index (κ3) is 4.16. The maximum Gasteiger partial charge on any atom is 0.191 e. The molecule has 0 bridgehead atoms. The van der Waals surface area contributed by atoms with Crippen molar-refractivity contribution < 1.29 is 4.74 Å². The van der Waals surface area contributed by atoms with Gasteiger partial charge in [-0.3, -0.25) is 4.99 Å². The molecular formula is C19H30IN3O. The second-order valence-electron chi connectivity index (χ2n) is 7.08. The number of hydrogen-bond donors (Lipinski definition) is 2. The van der Waals surface area contributed by atoms with Crippen molar-refractivity contribution >= 4 is 29.9 Å². The first-order chi connectivity index (χ1) is 11.2. The maximum absolute atomic E-state index is 5.63. The molecule has 0 aliphatic heterocycles. The molecule has 0 amide bonds. The smallest absolute Gasteiger partial charge is 0.191 e. The Bertz CT molecular complexity index is 569. The Morgan fingerprint density at radius 3 is 2.54 bits per heavy atom. The van der Waals surface area contributed by atoms with Crippen LogP contribution in [0.3, 0.4) is 0 Å². The van der Waals surface area contributed by atoms with Crippen LogP contribution in [0.25, 0.3) is 0 Å². The lowest BCUT2D eigenvalue weighted by atomic mass is 9.78. The third-order valence-corrected chi connectivity index (χ3v) is 5.49. The fourth-order valence-electron chi connectivity index (χ4n) is 3.82. The molecule has 4 nitrogen and oxygen atoms in total. The number of ether oxygens (including phenoxy) is 1. The molecule has 0 spiro atoms. The van der Waals surface area contributed by atoms with Crippen molar-refractivity contribution in [1.82, 2.24) is 10.6 Å². The number of halogens is 1. The quantitative estimate of drug-likeness (QED) is 0.415. The Kier molecular flexibility index (Phi) is 6.78. The zero-order valence-corrected chi connectivity index (χ0v) is 17.3. The monoisotopic (exact) mass is 443 g/mol. The molecule has 5 heteroatoms. The number of para-hydroxylation sites is 1. The molecule has 134 valence electrons. The van der Waals surface area contributed by atoms with E-state index in [2.05, 4.69) is 40.7 Å². The van der Waals surface area contributed by atoms with Gasteiger partial charge >= 0.3 is 0 Å². The van der Waals surface area contributed by atoms with E-state index in [1.165, 1.54) is 37.7 Å². The van der Waals surface area contributed by atoms with E-state index in [9.17, 15) is 0 Å². The molecule has 0 aromatic heterocycles. The molecule has 0 heterocycles. The summed E-state index contributed by atoms with van der Waals surface area (Å²) in [5.74, 6) is 2.71. The van der Waals surface area contributed by atoms with Crippen LogP contribution >= 0.6 is 24.0 Å². The van der Waals surface area contributed by atoms with Gasteiger partial charge in [-0.25, -0.2) is 0 Å². The molecule has 0 radical (unpaired) electrons. The van der Waals surface area contributed by atoms with Gasteiger partial charge in [-0.15, -0.1) is 24.0 Å². The predicted octanol–water partition coefficient (Wildman–Crippen LogP) is 3.70. The number of nitrogens with one attached hydrogen (secondary N) is 2. The second kappa shape index (κ2) is 8.41. The first-order valence-corrected chi connectivity index (χ1v) is 8.79. The molecule has 3 rings (SSSR count). The van der Waals surface area contributed by atoms with Crippen molar-refractivity contribution in [2.75, 3.05) is 20.7 Å². The van der Waals surface area contributed by atoms with E-state index in [4.69, 9.17) is 4.74 Å². The molecule has 0 saturated heterocycles. The van der Waals surface area contributed by atoms with Crippen LogP contribution in [0.15, 0.2) is 29.3 Å². The topological polar surface area (TPSA) is 45.7 Å². The van der Waals surface area contributed by atoms with Gasteiger partial charge in [-0.2, -0.15) is 0 Å². The normalized spacial score (nSPS) is 24.9. The predicted molar refractivity (Wildman–Crippen MR) is 111 cm³/mol. The zero-order chi connectivity index (χ0) is 16.3. The van der Waals surface area contributed by atoms with Crippen molar-refractivity contribution in [3.8, 4) is 5.75 Å². The average molecular weight is 443 g/mol. The van der Waals surface area contributed by atoms with E-state index < -0.39 is 0 Å². The van der Waals surface area contributed by atoms with Gasteiger partial charge in [0.05, 0.1) is 7.11 Å². The lowest BCUT2D eigenvalue weighted by Gasteiger charge is -2.32. The molecule has 2 unspecified atom stereocenters. The first kappa shape index (κ1) is 19.3. The highest BCUT2D eigenvalue weighted by molar-refractivity contribution is 14.0. The molecule has 2 saturated carbocycles. The van der Waals surface area contributed by atoms with Gasteiger partial charge in [0.1, 0.15) is 5.75 Å². The molecule has 2 fully saturated rings. The number of nitrogens with zero attached hydrogens (tertiary/aromatic N) is 1. The van der Waals surface area contributed by atoms with Crippen molar-refractivity contribution in [3.63, 3.8) is 0 Å². The highest BCUT2D eigenvalue weighted by atomic mass is 127. The minimum atomic E-state index is 0. The SMILES string of the molecule is CN=C(NCC1(c2ccccc2OC)CCCC1)NC1CC1C.I. The van der Waals surface area contributed by atoms with Crippen molar-refractivity contribution in [1.29, 1.82) is 0 Å². The summed E-state index contributed by atoms with van der Waals surface area (Å²) in [4.78, 5) is 4.39. The van der Waals surface area contributed by atoms with Gasteiger partial charge in [0, 0.05) is 30.6 Å². The van der Waals surface area contributed by atoms with Crippen LogP contribution < -0.4 is 15.4 Å². The number of aliphatic imine (C=N–C) groups is 1. The van der Waals surface area contributed by atoms with E-state index >= 15 is 0 Å². The number of guanidine groups is 1. The van der Waals surface area contributed by atoms with Gasteiger partial charge in [0.25, 0.3) is 0 Å². The Morgan fingerprint density at radius 2 is 1.96 bits per heavy atom. The summed E-state index contributed by atoms with van der Waals surface area (Å²) >= 11 is 0. The largest absolute Gasteiger partial charge is 0.496 e. The van der Waals surface area contributed by atoms with Crippen molar-refractivity contribution in [3.05, 3.63) is 29.8 Å². The molecule has 24 heavy (non-hydrogen) atoms. The van der Waals surface area contributed by atoms with Crippen molar-refractivity contribution in [2.45, 2.75) is 50.5 Å². The van der Waals surface area contributed by atoms with E-state index in [1.807, 2.05) is 13.1 Å². The van der Waals surface area contributed by atoms with Crippen LogP contribution in [-0.4, -0.2) is 32.7 Å². The second-order valence-corrected chi connectivity index (χ2v) is 7.08. The van der Waals surface area contributed by atoms with Crippen LogP contribution in [0.4, 0.5) is 0 Å². The van der Waals surface area contributed by atoms with E-state index in [1.54, 1.807) is 7.11 Å².